The number of benzene rings is 3. The summed E-state index contributed by atoms with van der Waals surface area (Å²) in [7, 11) is -4.11. The van der Waals surface area contributed by atoms with E-state index in [1.807, 2.05) is 24.3 Å². The molecule has 0 bridgehead atoms. The third-order valence-electron chi connectivity index (χ3n) is 6.30. The van der Waals surface area contributed by atoms with E-state index in [0.29, 0.717) is 5.92 Å². The summed E-state index contributed by atoms with van der Waals surface area (Å²) in [5.74, 6) is -2.56. The fourth-order valence-electron chi connectivity index (χ4n) is 4.30. The Morgan fingerprint density at radius 3 is 2.28 bits per heavy atom. The van der Waals surface area contributed by atoms with Crippen LogP contribution in [0.5, 0.6) is 0 Å². The van der Waals surface area contributed by atoms with Gasteiger partial charge in [-0.25, -0.2) is 21.6 Å². The molecule has 1 heterocycles. The Kier molecular flexibility index (Phi) is 7.70. The number of hydrogen-bond donors (Lipinski definition) is 1. The lowest BCUT2D eigenvalue weighted by Gasteiger charge is -2.12. The highest BCUT2D eigenvalue weighted by atomic mass is 32.2. The number of aromatic nitrogens is 1. The first kappa shape index (κ1) is 28.1. The van der Waals surface area contributed by atoms with E-state index in [0.717, 1.165) is 45.4 Å². The van der Waals surface area contributed by atoms with E-state index in [9.17, 15) is 30.8 Å². The van der Waals surface area contributed by atoms with Gasteiger partial charge < -0.3 is 5.11 Å². The second-order valence-electron chi connectivity index (χ2n) is 9.47. The van der Waals surface area contributed by atoms with Crippen LogP contribution in [0.1, 0.15) is 58.1 Å². The number of halogens is 4. The molecule has 39 heavy (non-hydrogen) atoms. The molecule has 0 aliphatic carbocycles. The Morgan fingerprint density at radius 1 is 1.00 bits per heavy atom. The van der Waals surface area contributed by atoms with E-state index in [-0.39, 0.29) is 28.6 Å². The number of nitrogens with zero attached hydrogens (tertiary/aromatic N) is 1. The maximum Gasteiger partial charge on any atom is 0.416 e. The maximum absolute atomic E-state index is 14.3. The molecule has 0 unspecified atom stereocenters. The van der Waals surface area contributed by atoms with Gasteiger partial charge in [0.05, 0.1) is 22.4 Å². The van der Waals surface area contributed by atoms with Crippen molar-refractivity contribution in [2.45, 2.75) is 32.4 Å². The van der Waals surface area contributed by atoms with E-state index in [4.69, 9.17) is 5.11 Å². The molecule has 204 valence electrons. The third-order valence-corrected chi connectivity index (χ3v) is 7.91. The van der Waals surface area contributed by atoms with Crippen LogP contribution in [0.15, 0.2) is 72.8 Å². The molecule has 1 N–H and O–H groups in total. The molecule has 0 amide bonds. The summed E-state index contributed by atoms with van der Waals surface area (Å²) in [6.45, 7) is 4.12. The number of rotatable bonds is 8. The summed E-state index contributed by atoms with van der Waals surface area (Å²) in [4.78, 5) is 11.1. The molecular formula is C29H25F4NO4S. The fourth-order valence-corrected chi connectivity index (χ4v) is 5.73. The van der Waals surface area contributed by atoms with E-state index < -0.39 is 44.9 Å². The van der Waals surface area contributed by atoms with Crippen molar-refractivity contribution in [3.05, 3.63) is 112 Å². The molecule has 10 heteroatoms. The van der Waals surface area contributed by atoms with Gasteiger partial charge in [0, 0.05) is 17.5 Å². The van der Waals surface area contributed by atoms with Crippen molar-refractivity contribution in [3.63, 3.8) is 0 Å². The molecule has 1 aromatic heterocycles. The average Bonchev–Trinajstić information content (AvgIpc) is 3.21. The highest BCUT2D eigenvalue weighted by Crippen LogP contribution is 2.33. The molecule has 0 fully saturated rings. The molecule has 4 aromatic rings. The van der Waals surface area contributed by atoms with Crippen LogP contribution in [0, 0.1) is 5.82 Å². The summed E-state index contributed by atoms with van der Waals surface area (Å²) in [6.07, 6.45) is -1.68. The minimum atomic E-state index is -4.63. The van der Waals surface area contributed by atoms with Gasteiger partial charge in [0.1, 0.15) is 5.82 Å². The predicted octanol–water partition coefficient (Wildman–Crippen LogP) is 7.10. The van der Waals surface area contributed by atoms with Gasteiger partial charge in [-0.15, -0.1) is 0 Å². The first-order chi connectivity index (χ1) is 18.3. The maximum atomic E-state index is 14.3. The quantitative estimate of drug-likeness (QED) is 0.234. The smallest absolute Gasteiger partial charge is 0.416 e. The number of aromatic carboxylic acids is 1. The van der Waals surface area contributed by atoms with Crippen LogP contribution in [0.4, 0.5) is 17.6 Å². The second-order valence-corrected chi connectivity index (χ2v) is 11.3. The van der Waals surface area contributed by atoms with E-state index in [1.165, 1.54) is 18.2 Å². The molecule has 5 nitrogen and oxygen atoms in total. The van der Waals surface area contributed by atoms with Crippen LogP contribution in [0.3, 0.4) is 0 Å². The molecular weight excluding hydrogens is 534 g/mol. The molecule has 0 saturated carbocycles. The lowest BCUT2D eigenvalue weighted by Crippen LogP contribution is -2.18. The Morgan fingerprint density at radius 2 is 1.69 bits per heavy atom. The summed E-state index contributed by atoms with van der Waals surface area (Å²) in [6, 6.07) is 15.1. The minimum absolute atomic E-state index is 0.0512. The molecule has 0 aliphatic rings. The van der Waals surface area contributed by atoms with Crippen molar-refractivity contribution in [2.75, 3.05) is 5.75 Å². The van der Waals surface area contributed by atoms with Gasteiger partial charge in [-0.05, 0) is 59.0 Å². The standard InChI is InChI=1S/C29H25F4NO4S/c1-18(2)21-8-5-19(6-9-21)4-3-13-39(37,38)34-24(14-20-7-11-25(28(35)36)26(30)15-20)17-22-16-23(29(31,32)33)10-12-27(22)34/h3-12,15-18H,13-14H2,1-2H3,(H,35,36). The van der Waals surface area contributed by atoms with Gasteiger partial charge in [0.25, 0.3) is 0 Å². The van der Waals surface area contributed by atoms with Crippen molar-refractivity contribution in [2.24, 2.45) is 0 Å². The van der Waals surface area contributed by atoms with Crippen molar-refractivity contribution < 1.29 is 35.9 Å². The second kappa shape index (κ2) is 10.7. The van der Waals surface area contributed by atoms with Crippen molar-refractivity contribution in [1.82, 2.24) is 3.97 Å². The van der Waals surface area contributed by atoms with Gasteiger partial charge in [-0.3, -0.25) is 0 Å². The van der Waals surface area contributed by atoms with Gasteiger partial charge in [0.15, 0.2) is 0 Å². The van der Waals surface area contributed by atoms with Crippen LogP contribution >= 0.6 is 0 Å². The predicted molar refractivity (Wildman–Crippen MR) is 142 cm³/mol. The number of hydrogen-bond acceptors (Lipinski definition) is 3. The van der Waals surface area contributed by atoms with Crippen LogP contribution < -0.4 is 0 Å². The average molecular weight is 560 g/mol. The van der Waals surface area contributed by atoms with Crippen molar-refractivity contribution >= 4 is 33.0 Å². The lowest BCUT2D eigenvalue weighted by atomic mass is 10.0. The van der Waals surface area contributed by atoms with Crippen molar-refractivity contribution in [3.8, 4) is 0 Å². The summed E-state index contributed by atoms with van der Waals surface area (Å²) in [5.41, 5.74) is 0.863. The fraction of sp³-hybridized carbons (Fsp3) is 0.207. The van der Waals surface area contributed by atoms with Gasteiger partial charge in [-0.2, -0.15) is 13.2 Å². The summed E-state index contributed by atoms with van der Waals surface area (Å²) in [5, 5.41) is 9.12. The number of carboxylic acid groups (broad SMARTS) is 1. The molecule has 0 saturated heterocycles. The number of carbonyl (C=O) groups is 1. The van der Waals surface area contributed by atoms with Crippen LogP contribution in [-0.2, 0) is 22.6 Å². The largest absolute Gasteiger partial charge is 0.478 e. The zero-order chi connectivity index (χ0) is 28.5. The number of carboxylic acids is 1. The number of alkyl halides is 3. The third kappa shape index (κ3) is 6.22. The van der Waals surface area contributed by atoms with E-state index in [2.05, 4.69) is 13.8 Å². The molecule has 0 spiro atoms. The van der Waals surface area contributed by atoms with E-state index >= 15 is 0 Å². The number of fused-ring (bicyclic) bond motifs is 1. The minimum Gasteiger partial charge on any atom is -0.478 e. The van der Waals surface area contributed by atoms with Gasteiger partial charge in [0.2, 0.25) is 10.0 Å². The Labute approximate surface area is 223 Å². The Bertz CT molecular complexity index is 1670. The van der Waals surface area contributed by atoms with Crippen LogP contribution in [-0.4, -0.2) is 29.2 Å². The first-order valence-corrected chi connectivity index (χ1v) is 13.6. The molecule has 3 aromatic carbocycles. The van der Waals surface area contributed by atoms with E-state index in [1.54, 1.807) is 6.08 Å². The molecule has 0 radical (unpaired) electrons. The highest BCUT2D eigenvalue weighted by Gasteiger charge is 2.31. The summed E-state index contributed by atoms with van der Waals surface area (Å²) < 4.78 is 82.2. The first-order valence-electron chi connectivity index (χ1n) is 12.0. The topological polar surface area (TPSA) is 76.4 Å². The van der Waals surface area contributed by atoms with Crippen LogP contribution in [0.2, 0.25) is 0 Å². The molecule has 0 aliphatic heterocycles. The highest BCUT2D eigenvalue weighted by molar-refractivity contribution is 7.90. The SMILES string of the molecule is CC(C)c1ccc(C=CCS(=O)(=O)n2c(Cc3ccc(C(=O)O)c(F)c3)cc3cc(C(F)(F)F)ccc32)cc1. The van der Waals surface area contributed by atoms with Crippen LogP contribution in [0.25, 0.3) is 17.0 Å². The monoisotopic (exact) mass is 559 g/mol. The van der Waals surface area contributed by atoms with Gasteiger partial charge >= 0.3 is 12.1 Å². The Hall–Kier alpha value is -3.92. The lowest BCUT2D eigenvalue weighted by molar-refractivity contribution is -0.137. The van der Waals surface area contributed by atoms with Gasteiger partial charge in [-0.1, -0.05) is 56.3 Å². The van der Waals surface area contributed by atoms with Crippen molar-refractivity contribution in [1.29, 1.82) is 0 Å². The normalized spacial score (nSPS) is 12.6. The zero-order valence-corrected chi connectivity index (χ0v) is 21.9. The molecule has 4 rings (SSSR count). The Balaban J connectivity index is 1.73. The zero-order valence-electron chi connectivity index (χ0n) is 21.0. The summed E-state index contributed by atoms with van der Waals surface area (Å²) >= 11 is 0. The molecule has 0 atom stereocenters.